The molecule has 1 saturated heterocycles. The maximum Gasteiger partial charge on any atom is 0.311 e. The molecule has 1 fully saturated rings. The number of carboxylic acid groups (broad SMARTS) is 1. The predicted molar refractivity (Wildman–Crippen MR) is 108 cm³/mol. The van der Waals surface area contributed by atoms with Gasteiger partial charge >= 0.3 is 5.97 Å². The molecule has 1 atom stereocenters. The van der Waals surface area contributed by atoms with Gasteiger partial charge in [0.1, 0.15) is 5.82 Å². The van der Waals surface area contributed by atoms with Crippen LogP contribution in [0.2, 0.25) is 0 Å². The first-order valence-corrected chi connectivity index (χ1v) is 9.46. The summed E-state index contributed by atoms with van der Waals surface area (Å²) in [6.45, 7) is 3.38. The van der Waals surface area contributed by atoms with Gasteiger partial charge in [0.2, 0.25) is 0 Å². The molecule has 138 valence electrons. The third kappa shape index (κ3) is 3.39. The Balaban J connectivity index is 1.65. The van der Waals surface area contributed by atoms with E-state index in [4.69, 9.17) is 4.98 Å². The number of piperidine rings is 1. The van der Waals surface area contributed by atoms with Gasteiger partial charge in [0, 0.05) is 18.5 Å². The first-order valence-electron chi connectivity index (χ1n) is 9.46. The average molecular weight is 360 g/mol. The number of carbonyl (C=O) groups is 1. The van der Waals surface area contributed by atoms with E-state index in [1.54, 1.807) is 0 Å². The lowest BCUT2D eigenvalue weighted by Gasteiger charge is -2.41. The van der Waals surface area contributed by atoms with Crippen molar-refractivity contribution in [2.75, 3.05) is 18.0 Å². The Morgan fingerprint density at radius 3 is 2.70 bits per heavy atom. The van der Waals surface area contributed by atoms with Crippen LogP contribution in [0.3, 0.4) is 0 Å². The molecule has 1 aliphatic heterocycles. The number of nitrogens with zero attached hydrogens (tertiary/aromatic N) is 2. The fraction of sp³-hybridized carbons (Fsp3) is 0.304. The Kier molecular flexibility index (Phi) is 4.56. The molecular formula is C23H24N2O2. The zero-order valence-electron chi connectivity index (χ0n) is 15.6. The number of fused-ring (bicyclic) bond motifs is 1. The first-order chi connectivity index (χ1) is 13.1. The number of aromatic nitrogens is 1. The molecule has 4 nitrogen and oxygen atoms in total. The summed E-state index contributed by atoms with van der Waals surface area (Å²) >= 11 is 0. The van der Waals surface area contributed by atoms with Crippen LogP contribution in [0.25, 0.3) is 10.9 Å². The van der Waals surface area contributed by atoms with Gasteiger partial charge in [-0.3, -0.25) is 4.79 Å². The molecular weight excluding hydrogens is 336 g/mol. The largest absolute Gasteiger partial charge is 0.481 e. The number of anilines is 1. The van der Waals surface area contributed by atoms with E-state index in [2.05, 4.69) is 24.0 Å². The number of hydrogen-bond donors (Lipinski definition) is 1. The molecule has 0 spiro atoms. The van der Waals surface area contributed by atoms with Crippen LogP contribution in [0, 0.1) is 12.3 Å². The fourth-order valence-corrected chi connectivity index (χ4v) is 4.13. The fourth-order valence-electron chi connectivity index (χ4n) is 4.13. The molecule has 4 rings (SSSR count). The van der Waals surface area contributed by atoms with Gasteiger partial charge in [-0.05, 0) is 55.5 Å². The highest BCUT2D eigenvalue weighted by Gasteiger charge is 2.43. The molecule has 0 amide bonds. The van der Waals surface area contributed by atoms with Crippen molar-refractivity contribution < 1.29 is 9.90 Å². The minimum absolute atomic E-state index is 0.488. The molecule has 0 bridgehead atoms. The van der Waals surface area contributed by atoms with Crippen LogP contribution in [-0.2, 0) is 11.2 Å². The zero-order valence-corrected chi connectivity index (χ0v) is 15.6. The Morgan fingerprint density at radius 1 is 1.11 bits per heavy atom. The number of hydrogen-bond acceptors (Lipinski definition) is 3. The number of carboxylic acids is 1. The van der Waals surface area contributed by atoms with Crippen LogP contribution in [0.15, 0.2) is 60.7 Å². The van der Waals surface area contributed by atoms with Crippen molar-refractivity contribution in [3.8, 4) is 0 Å². The van der Waals surface area contributed by atoms with Crippen LogP contribution in [-0.4, -0.2) is 29.1 Å². The van der Waals surface area contributed by atoms with Crippen LogP contribution in [0.4, 0.5) is 5.82 Å². The summed E-state index contributed by atoms with van der Waals surface area (Å²) in [5.41, 5.74) is 2.44. The quantitative estimate of drug-likeness (QED) is 0.746. The number of aliphatic carboxylic acids is 1. The SMILES string of the molecule is Cc1ccccc1C[C@@]1(C(=O)O)CCCN(c2ccc3ccccc3n2)C1. The molecule has 3 aromatic rings. The number of pyridine rings is 1. The molecule has 27 heavy (non-hydrogen) atoms. The second-order valence-electron chi connectivity index (χ2n) is 7.58. The number of aryl methyl sites for hydroxylation is 1. The van der Waals surface area contributed by atoms with Crippen molar-refractivity contribution in [1.29, 1.82) is 0 Å². The Hall–Kier alpha value is -2.88. The zero-order chi connectivity index (χ0) is 18.9. The van der Waals surface area contributed by atoms with Gasteiger partial charge in [0.25, 0.3) is 0 Å². The summed E-state index contributed by atoms with van der Waals surface area (Å²) < 4.78 is 0. The van der Waals surface area contributed by atoms with Crippen LogP contribution >= 0.6 is 0 Å². The number of para-hydroxylation sites is 1. The smallest absolute Gasteiger partial charge is 0.311 e. The topological polar surface area (TPSA) is 53.4 Å². The summed E-state index contributed by atoms with van der Waals surface area (Å²) in [4.78, 5) is 19.3. The minimum atomic E-state index is -0.780. The molecule has 0 radical (unpaired) electrons. The lowest BCUT2D eigenvalue weighted by atomic mass is 9.74. The highest BCUT2D eigenvalue weighted by Crippen LogP contribution is 2.36. The monoisotopic (exact) mass is 360 g/mol. The van der Waals surface area contributed by atoms with Crippen molar-refractivity contribution in [3.63, 3.8) is 0 Å². The Morgan fingerprint density at radius 2 is 1.89 bits per heavy atom. The second kappa shape index (κ2) is 7.03. The van der Waals surface area contributed by atoms with E-state index in [1.165, 1.54) is 0 Å². The van der Waals surface area contributed by atoms with Crippen molar-refractivity contribution in [2.45, 2.75) is 26.2 Å². The van der Waals surface area contributed by atoms with E-state index >= 15 is 0 Å². The van der Waals surface area contributed by atoms with Gasteiger partial charge in [0.05, 0.1) is 10.9 Å². The lowest BCUT2D eigenvalue weighted by Crippen LogP contribution is -2.49. The molecule has 2 heterocycles. The molecule has 1 aliphatic rings. The van der Waals surface area contributed by atoms with Gasteiger partial charge in [-0.2, -0.15) is 0 Å². The standard InChI is InChI=1S/C23H24N2O2/c1-17-7-2-3-9-19(17)15-23(22(26)27)13-6-14-25(16-23)21-12-11-18-8-4-5-10-20(18)24-21/h2-5,7-12H,6,13-16H2,1H3,(H,26,27)/t23-/m0/s1. The minimum Gasteiger partial charge on any atom is -0.481 e. The highest BCUT2D eigenvalue weighted by atomic mass is 16.4. The van der Waals surface area contributed by atoms with Crippen LogP contribution in [0.5, 0.6) is 0 Å². The number of rotatable bonds is 4. The lowest BCUT2D eigenvalue weighted by molar-refractivity contribution is -0.149. The van der Waals surface area contributed by atoms with Gasteiger partial charge in [-0.15, -0.1) is 0 Å². The van der Waals surface area contributed by atoms with Gasteiger partial charge in [-0.25, -0.2) is 4.98 Å². The predicted octanol–water partition coefficient (Wildman–Crippen LogP) is 4.46. The third-order valence-corrected chi connectivity index (χ3v) is 5.73. The van der Waals surface area contributed by atoms with E-state index in [0.29, 0.717) is 19.4 Å². The van der Waals surface area contributed by atoms with Crippen molar-refractivity contribution >= 4 is 22.7 Å². The Bertz CT molecular complexity index is 985. The van der Waals surface area contributed by atoms with E-state index in [1.807, 2.05) is 48.5 Å². The Labute approximate surface area is 159 Å². The van der Waals surface area contributed by atoms with E-state index in [9.17, 15) is 9.90 Å². The maximum absolute atomic E-state index is 12.3. The molecule has 4 heteroatoms. The highest BCUT2D eigenvalue weighted by molar-refractivity contribution is 5.81. The van der Waals surface area contributed by atoms with Crippen molar-refractivity contribution in [1.82, 2.24) is 4.98 Å². The maximum atomic E-state index is 12.3. The molecule has 0 unspecified atom stereocenters. The van der Waals surface area contributed by atoms with Crippen LogP contribution in [0.1, 0.15) is 24.0 Å². The number of benzene rings is 2. The van der Waals surface area contributed by atoms with Crippen molar-refractivity contribution in [2.24, 2.45) is 5.41 Å². The summed E-state index contributed by atoms with van der Waals surface area (Å²) in [6, 6.07) is 20.2. The van der Waals surface area contributed by atoms with E-state index in [-0.39, 0.29) is 0 Å². The van der Waals surface area contributed by atoms with E-state index < -0.39 is 11.4 Å². The summed E-state index contributed by atoms with van der Waals surface area (Å²) in [5, 5.41) is 11.2. The van der Waals surface area contributed by atoms with Gasteiger partial charge < -0.3 is 10.0 Å². The molecule has 0 aliphatic carbocycles. The molecule has 2 aromatic carbocycles. The van der Waals surface area contributed by atoms with Crippen LogP contribution < -0.4 is 4.90 Å². The summed E-state index contributed by atoms with van der Waals surface area (Å²) in [5.74, 6) is 0.153. The average Bonchev–Trinajstić information content (AvgIpc) is 2.69. The molecule has 1 N–H and O–H groups in total. The van der Waals surface area contributed by atoms with Crippen molar-refractivity contribution in [3.05, 3.63) is 71.8 Å². The van der Waals surface area contributed by atoms with Gasteiger partial charge in [-0.1, -0.05) is 42.5 Å². The third-order valence-electron chi connectivity index (χ3n) is 5.73. The normalized spacial score (nSPS) is 20.0. The second-order valence-corrected chi connectivity index (χ2v) is 7.58. The van der Waals surface area contributed by atoms with E-state index in [0.717, 1.165) is 40.8 Å². The van der Waals surface area contributed by atoms with Gasteiger partial charge in [0.15, 0.2) is 0 Å². The first kappa shape index (κ1) is 17.5. The molecule has 1 aromatic heterocycles. The molecule has 0 saturated carbocycles. The summed E-state index contributed by atoms with van der Waals surface area (Å²) in [7, 11) is 0. The summed E-state index contributed by atoms with van der Waals surface area (Å²) in [6.07, 6.45) is 2.10.